The van der Waals surface area contributed by atoms with Crippen LogP contribution in [0.5, 0.6) is 0 Å². The summed E-state index contributed by atoms with van der Waals surface area (Å²) in [6, 6.07) is 8.55. The third-order valence-corrected chi connectivity index (χ3v) is 3.00. The van der Waals surface area contributed by atoms with Crippen LogP contribution in [0, 0.1) is 6.92 Å². The van der Waals surface area contributed by atoms with Crippen molar-refractivity contribution in [1.82, 2.24) is 0 Å². The lowest BCUT2D eigenvalue weighted by Crippen LogP contribution is -2.13. The summed E-state index contributed by atoms with van der Waals surface area (Å²) in [5.74, 6) is 0.916. The molecule has 1 nitrogen and oxygen atoms in total. The average Bonchev–Trinajstić information content (AvgIpc) is 2.18. The average molecular weight is 188 g/mol. The quantitative estimate of drug-likeness (QED) is 0.661. The van der Waals surface area contributed by atoms with Gasteiger partial charge >= 0.3 is 0 Å². The monoisotopic (exact) mass is 188 g/mol. The van der Waals surface area contributed by atoms with Crippen molar-refractivity contribution >= 4 is 5.78 Å². The summed E-state index contributed by atoms with van der Waals surface area (Å²) in [5.41, 5.74) is 2.64. The highest BCUT2D eigenvalue weighted by atomic mass is 16.1. The number of ketones is 1. The van der Waals surface area contributed by atoms with Crippen LogP contribution in [0.3, 0.4) is 0 Å². The van der Waals surface area contributed by atoms with Crippen molar-refractivity contribution in [3.8, 4) is 0 Å². The Morgan fingerprint density at radius 2 is 2.21 bits per heavy atom. The predicted molar refractivity (Wildman–Crippen MR) is 57.4 cm³/mol. The largest absolute Gasteiger partial charge is 0.300 e. The summed E-state index contributed by atoms with van der Waals surface area (Å²) >= 11 is 0. The zero-order chi connectivity index (χ0) is 9.97. The first-order valence-corrected chi connectivity index (χ1v) is 5.34. The van der Waals surface area contributed by atoms with Crippen molar-refractivity contribution < 1.29 is 4.79 Å². The van der Waals surface area contributed by atoms with Gasteiger partial charge in [-0.2, -0.15) is 0 Å². The number of hydrogen-bond acceptors (Lipinski definition) is 1. The van der Waals surface area contributed by atoms with Crippen LogP contribution in [0.1, 0.15) is 42.7 Å². The molecule has 1 aliphatic carbocycles. The van der Waals surface area contributed by atoms with E-state index >= 15 is 0 Å². The molecule has 0 saturated heterocycles. The van der Waals surface area contributed by atoms with E-state index in [1.54, 1.807) is 0 Å². The van der Waals surface area contributed by atoms with Crippen molar-refractivity contribution in [2.24, 2.45) is 0 Å². The zero-order valence-electron chi connectivity index (χ0n) is 8.62. The molecule has 1 heteroatoms. The summed E-state index contributed by atoms with van der Waals surface area (Å²) in [4.78, 5) is 11.3. The molecule has 2 rings (SSSR count). The molecule has 1 saturated carbocycles. The maximum Gasteiger partial charge on any atom is 0.133 e. The number of benzene rings is 1. The molecular weight excluding hydrogens is 172 g/mol. The molecule has 0 radical (unpaired) electrons. The molecule has 1 aromatic carbocycles. The Kier molecular flexibility index (Phi) is 2.67. The molecule has 1 atom stereocenters. The minimum absolute atomic E-state index is 0.433. The molecule has 74 valence electrons. The molecule has 1 fully saturated rings. The standard InChI is InChI=1S/C13H16O/c1-10-4-2-5-11(8-10)12-6-3-7-13(14)9-12/h2,4-5,8,12H,3,6-7,9H2,1H3/t12-/m1/s1. The molecule has 1 aromatic rings. The normalized spacial score (nSPS) is 22.4. The first-order chi connectivity index (χ1) is 6.75. The van der Waals surface area contributed by atoms with Crippen LogP contribution in [-0.4, -0.2) is 5.78 Å². The van der Waals surface area contributed by atoms with Crippen molar-refractivity contribution in [3.63, 3.8) is 0 Å². The van der Waals surface area contributed by atoms with E-state index in [2.05, 4.69) is 31.2 Å². The fourth-order valence-electron chi connectivity index (χ4n) is 2.23. The fraction of sp³-hybridized carbons (Fsp3) is 0.462. The highest BCUT2D eigenvalue weighted by Crippen LogP contribution is 2.30. The van der Waals surface area contributed by atoms with E-state index in [1.165, 1.54) is 17.5 Å². The Morgan fingerprint density at radius 1 is 1.36 bits per heavy atom. The molecule has 0 spiro atoms. The smallest absolute Gasteiger partial charge is 0.133 e. The molecule has 0 aromatic heterocycles. The van der Waals surface area contributed by atoms with E-state index in [1.807, 2.05) is 0 Å². The van der Waals surface area contributed by atoms with Crippen molar-refractivity contribution in [2.75, 3.05) is 0 Å². The maximum atomic E-state index is 11.3. The Labute approximate surface area is 85.1 Å². The molecule has 1 aliphatic rings. The van der Waals surface area contributed by atoms with Crippen molar-refractivity contribution in [2.45, 2.75) is 38.5 Å². The topological polar surface area (TPSA) is 17.1 Å². The van der Waals surface area contributed by atoms with Gasteiger partial charge in [0.1, 0.15) is 5.78 Å². The molecular formula is C13H16O. The minimum Gasteiger partial charge on any atom is -0.300 e. The van der Waals surface area contributed by atoms with Crippen LogP contribution in [0.25, 0.3) is 0 Å². The molecule has 0 amide bonds. The van der Waals surface area contributed by atoms with Crippen molar-refractivity contribution in [1.29, 1.82) is 0 Å². The Morgan fingerprint density at radius 3 is 2.93 bits per heavy atom. The van der Waals surface area contributed by atoms with Gasteiger partial charge in [0.25, 0.3) is 0 Å². The van der Waals surface area contributed by atoms with Crippen LogP contribution >= 0.6 is 0 Å². The van der Waals surface area contributed by atoms with Gasteiger partial charge in [-0.15, -0.1) is 0 Å². The molecule has 14 heavy (non-hydrogen) atoms. The number of hydrogen-bond donors (Lipinski definition) is 0. The summed E-state index contributed by atoms with van der Waals surface area (Å²) in [5, 5.41) is 0. The van der Waals surface area contributed by atoms with Gasteiger partial charge in [0, 0.05) is 12.8 Å². The van der Waals surface area contributed by atoms with Crippen LogP contribution in [0.4, 0.5) is 0 Å². The SMILES string of the molecule is Cc1cccc([C@@H]2CCCC(=O)C2)c1. The summed E-state index contributed by atoms with van der Waals surface area (Å²) in [6.45, 7) is 2.11. The lowest BCUT2D eigenvalue weighted by atomic mass is 9.83. The van der Waals surface area contributed by atoms with E-state index < -0.39 is 0 Å². The molecule has 0 unspecified atom stereocenters. The lowest BCUT2D eigenvalue weighted by Gasteiger charge is -2.21. The predicted octanol–water partition coefficient (Wildman–Crippen LogP) is 3.22. The number of aryl methyl sites for hydroxylation is 1. The molecule has 0 aliphatic heterocycles. The third-order valence-electron chi connectivity index (χ3n) is 3.00. The van der Waals surface area contributed by atoms with Gasteiger partial charge in [0.2, 0.25) is 0 Å². The number of rotatable bonds is 1. The summed E-state index contributed by atoms with van der Waals surface area (Å²) in [7, 11) is 0. The number of carbonyl (C=O) groups is 1. The first kappa shape index (κ1) is 9.45. The number of Topliss-reactive ketones (excluding diaryl/α,β-unsaturated/α-hetero) is 1. The van der Waals surface area contributed by atoms with Crippen LogP contribution < -0.4 is 0 Å². The van der Waals surface area contributed by atoms with E-state index in [0.717, 1.165) is 19.3 Å². The number of carbonyl (C=O) groups excluding carboxylic acids is 1. The van der Waals surface area contributed by atoms with Gasteiger partial charge in [-0.25, -0.2) is 0 Å². The third kappa shape index (κ3) is 2.03. The van der Waals surface area contributed by atoms with Crippen molar-refractivity contribution in [3.05, 3.63) is 35.4 Å². The Bertz CT molecular complexity index is 341. The van der Waals surface area contributed by atoms with Gasteiger partial charge in [-0.1, -0.05) is 29.8 Å². The van der Waals surface area contributed by atoms with E-state index in [4.69, 9.17) is 0 Å². The van der Waals surface area contributed by atoms with Gasteiger partial charge in [-0.05, 0) is 31.2 Å². The Balaban J connectivity index is 2.17. The first-order valence-electron chi connectivity index (χ1n) is 5.34. The minimum atomic E-state index is 0.433. The van der Waals surface area contributed by atoms with E-state index in [-0.39, 0.29) is 0 Å². The highest BCUT2D eigenvalue weighted by molar-refractivity contribution is 5.80. The Hall–Kier alpha value is -1.11. The summed E-state index contributed by atoms with van der Waals surface area (Å²) < 4.78 is 0. The lowest BCUT2D eigenvalue weighted by molar-refractivity contribution is -0.120. The van der Waals surface area contributed by atoms with Crippen LogP contribution in [-0.2, 0) is 4.79 Å². The molecule has 0 heterocycles. The van der Waals surface area contributed by atoms with Gasteiger partial charge < -0.3 is 0 Å². The molecule has 0 bridgehead atoms. The van der Waals surface area contributed by atoms with Gasteiger partial charge in [0.15, 0.2) is 0 Å². The molecule has 0 N–H and O–H groups in total. The van der Waals surface area contributed by atoms with Crippen LogP contribution in [0.2, 0.25) is 0 Å². The summed E-state index contributed by atoms with van der Waals surface area (Å²) in [6.07, 6.45) is 3.79. The van der Waals surface area contributed by atoms with E-state index in [9.17, 15) is 4.79 Å². The highest BCUT2D eigenvalue weighted by Gasteiger charge is 2.20. The zero-order valence-corrected chi connectivity index (χ0v) is 8.62. The maximum absolute atomic E-state index is 11.3. The van der Waals surface area contributed by atoms with E-state index in [0.29, 0.717) is 11.7 Å². The fourth-order valence-corrected chi connectivity index (χ4v) is 2.23. The second kappa shape index (κ2) is 3.95. The second-order valence-corrected chi connectivity index (χ2v) is 4.25. The second-order valence-electron chi connectivity index (χ2n) is 4.25. The van der Waals surface area contributed by atoms with Gasteiger partial charge in [0.05, 0.1) is 0 Å². The van der Waals surface area contributed by atoms with Gasteiger partial charge in [-0.3, -0.25) is 4.79 Å². The van der Waals surface area contributed by atoms with Crippen LogP contribution in [0.15, 0.2) is 24.3 Å².